The highest BCUT2D eigenvalue weighted by Gasteiger charge is 2.16. The van der Waals surface area contributed by atoms with Crippen LogP contribution < -0.4 is 5.73 Å². The van der Waals surface area contributed by atoms with Crippen LogP contribution in [0.25, 0.3) is 0 Å². The number of nitrogens with zero attached hydrogens (tertiary/aromatic N) is 1. The van der Waals surface area contributed by atoms with Crippen molar-refractivity contribution < 1.29 is 5.11 Å². The Morgan fingerprint density at radius 2 is 1.94 bits per heavy atom. The number of hydrogen-bond acceptors (Lipinski definition) is 3. The number of hydrogen-bond donors (Lipinski definition) is 2. The summed E-state index contributed by atoms with van der Waals surface area (Å²) in [5.74, 6) is 0.298. The van der Waals surface area contributed by atoms with Gasteiger partial charge in [0.2, 0.25) is 0 Å². The quantitative estimate of drug-likeness (QED) is 0.875. The SMILES string of the molecule is Cc1ccc(C(O)c2cc(Cl)cnc2N)c(C)c1. The molecule has 3 nitrogen and oxygen atoms in total. The molecule has 2 rings (SSSR count). The summed E-state index contributed by atoms with van der Waals surface area (Å²) in [4.78, 5) is 3.96. The van der Waals surface area contributed by atoms with Crippen molar-refractivity contribution in [2.24, 2.45) is 0 Å². The maximum atomic E-state index is 10.4. The van der Waals surface area contributed by atoms with Crippen LogP contribution in [0.4, 0.5) is 5.82 Å². The molecule has 1 aromatic carbocycles. The molecule has 18 heavy (non-hydrogen) atoms. The van der Waals surface area contributed by atoms with Crippen molar-refractivity contribution in [1.29, 1.82) is 0 Å². The Balaban J connectivity index is 2.47. The van der Waals surface area contributed by atoms with Crippen LogP contribution in [-0.2, 0) is 0 Å². The predicted octanol–water partition coefficient (Wildman–Crippen LogP) is 3.02. The fourth-order valence-electron chi connectivity index (χ4n) is 1.98. The van der Waals surface area contributed by atoms with Gasteiger partial charge in [-0.2, -0.15) is 0 Å². The number of aromatic nitrogens is 1. The molecule has 0 amide bonds. The van der Waals surface area contributed by atoms with E-state index in [-0.39, 0.29) is 0 Å². The first-order chi connectivity index (χ1) is 8.49. The summed E-state index contributed by atoms with van der Waals surface area (Å²) in [6.45, 7) is 3.97. The van der Waals surface area contributed by atoms with E-state index in [0.29, 0.717) is 16.4 Å². The number of nitrogens with two attached hydrogens (primary N) is 1. The van der Waals surface area contributed by atoms with Crippen LogP contribution in [0.1, 0.15) is 28.4 Å². The summed E-state index contributed by atoms with van der Waals surface area (Å²) >= 11 is 5.88. The molecule has 0 aliphatic heterocycles. The van der Waals surface area contributed by atoms with E-state index in [0.717, 1.165) is 16.7 Å². The third-order valence-electron chi connectivity index (χ3n) is 2.93. The van der Waals surface area contributed by atoms with E-state index in [2.05, 4.69) is 4.98 Å². The summed E-state index contributed by atoms with van der Waals surface area (Å²) in [6.07, 6.45) is 0.659. The molecule has 2 aromatic rings. The summed E-state index contributed by atoms with van der Waals surface area (Å²) in [6, 6.07) is 7.52. The lowest BCUT2D eigenvalue weighted by Crippen LogP contribution is -2.07. The van der Waals surface area contributed by atoms with Gasteiger partial charge in [0, 0.05) is 11.8 Å². The van der Waals surface area contributed by atoms with Gasteiger partial charge in [0.25, 0.3) is 0 Å². The number of halogens is 1. The van der Waals surface area contributed by atoms with Gasteiger partial charge in [-0.25, -0.2) is 4.98 Å². The zero-order valence-electron chi connectivity index (χ0n) is 10.3. The predicted molar refractivity (Wildman–Crippen MR) is 73.6 cm³/mol. The lowest BCUT2D eigenvalue weighted by Gasteiger charge is -2.16. The van der Waals surface area contributed by atoms with Gasteiger partial charge in [-0.3, -0.25) is 0 Å². The number of nitrogen functional groups attached to an aromatic ring is 1. The number of aryl methyl sites for hydroxylation is 2. The molecule has 1 unspecified atom stereocenters. The van der Waals surface area contributed by atoms with E-state index in [1.54, 1.807) is 6.07 Å². The zero-order valence-corrected chi connectivity index (χ0v) is 11.1. The Bertz CT molecular complexity index is 584. The van der Waals surface area contributed by atoms with Crippen molar-refractivity contribution in [1.82, 2.24) is 4.98 Å². The molecule has 1 heterocycles. The van der Waals surface area contributed by atoms with Gasteiger partial charge in [-0.15, -0.1) is 0 Å². The summed E-state index contributed by atoms with van der Waals surface area (Å²) in [5.41, 5.74) is 9.30. The fraction of sp³-hybridized carbons (Fsp3) is 0.214. The number of pyridine rings is 1. The molecule has 4 heteroatoms. The molecule has 3 N–H and O–H groups in total. The highest BCUT2D eigenvalue weighted by atomic mass is 35.5. The fourth-order valence-corrected chi connectivity index (χ4v) is 2.15. The molecule has 0 bridgehead atoms. The van der Waals surface area contributed by atoms with Crippen LogP contribution in [0.15, 0.2) is 30.5 Å². The van der Waals surface area contributed by atoms with Gasteiger partial charge in [-0.1, -0.05) is 35.4 Å². The van der Waals surface area contributed by atoms with Crippen molar-refractivity contribution >= 4 is 17.4 Å². The molecule has 0 fully saturated rings. The van der Waals surface area contributed by atoms with Crippen molar-refractivity contribution in [3.05, 3.63) is 57.7 Å². The molecule has 1 aromatic heterocycles. The standard InChI is InChI=1S/C14H15ClN2O/c1-8-3-4-11(9(2)5-8)13(18)12-6-10(15)7-17-14(12)16/h3-7,13,18H,1-2H3,(H2,16,17). The van der Waals surface area contributed by atoms with Crippen LogP contribution in [0.5, 0.6) is 0 Å². The van der Waals surface area contributed by atoms with E-state index in [4.69, 9.17) is 17.3 Å². The van der Waals surface area contributed by atoms with Gasteiger partial charge in [0.1, 0.15) is 11.9 Å². The number of aliphatic hydroxyl groups excluding tert-OH is 1. The Morgan fingerprint density at radius 3 is 2.61 bits per heavy atom. The smallest absolute Gasteiger partial charge is 0.129 e. The summed E-state index contributed by atoms with van der Waals surface area (Å²) in [7, 11) is 0. The van der Waals surface area contributed by atoms with Crippen LogP contribution >= 0.6 is 11.6 Å². The van der Waals surface area contributed by atoms with Crippen LogP contribution in [0.3, 0.4) is 0 Å². The first kappa shape index (κ1) is 12.9. The minimum absolute atomic E-state index is 0.298. The van der Waals surface area contributed by atoms with E-state index in [9.17, 15) is 5.11 Å². The molecular weight excluding hydrogens is 248 g/mol. The molecule has 0 spiro atoms. The second-order valence-electron chi connectivity index (χ2n) is 4.39. The Hall–Kier alpha value is -1.58. The van der Waals surface area contributed by atoms with E-state index < -0.39 is 6.10 Å². The lowest BCUT2D eigenvalue weighted by molar-refractivity contribution is 0.220. The normalized spacial score (nSPS) is 12.4. The highest BCUT2D eigenvalue weighted by molar-refractivity contribution is 6.30. The van der Waals surface area contributed by atoms with Gasteiger partial charge in [0.05, 0.1) is 5.02 Å². The molecular formula is C14H15ClN2O. The first-order valence-corrected chi connectivity index (χ1v) is 6.03. The third kappa shape index (κ3) is 2.47. The van der Waals surface area contributed by atoms with E-state index >= 15 is 0 Å². The number of anilines is 1. The van der Waals surface area contributed by atoms with Crippen molar-refractivity contribution in [2.75, 3.05) is 5.73 Å². The first-order valence-electron chi connectivity index (χ1n) is 5.65. The van der Waals surface area contributed by atoms with Gasteiger partial charge < -0.3 is 10.8 Å². The third-order valence-corrected chi connectivity index (χ3v) is 3.14. The molecule has 0 aliphatic carbocycles. The maximum Gasteiger partial charge on any atom is 0.129 e. The van der Waals surface area contributed by atoms with Crippen molar-refractivity contribution in [3.63, 3.8) is 0 Å². The second-order valence-corrected chi connectivity index (χ2v) is 4.83. The average molecular weight is 263 g/mol. The number of aliphatic hydroxyl groups is 1. The largest absolute Gasteiger partial charge is 0.384 e. The molecule has 94 valence electrons. The molecule has 0 aliphatic rings. The lowest BCUT2D eigenvalue weighted by atomic mass is 9.96. The zero-order chi connectivity index (χ0) is 13.3. The van der Waals surface area contributed by atoms with Crippen LogP contribution in [0.2, 0.25) is 5.02 Å². The molecule has 0 saturated carbocycles. The average Bonchev–Trinajstić information content (AvgIpc) is 2.31. The van der Waals surface area contributed by atoms with E-state index in [1.807, 2.05) is 32.0 Å². The topological polar surface area (TPSA) is 59.1 Å². The maximum absolute atomic E-state index is 10.4. The minimum Gasteiger partial charge on any atom is -0.384 e. The van der Waals surface area contributed by atoms with Crippen molar-refractivity contribution in [3.8, 4) is 0 Å². The monoisotopic (exact) mass is 262 g/mol. The second kappa shape index (κ2) is 4.96. The van der Waals surface area contributed by atoms with Gasteiger partial charge in [0.15, 0.2) is 0 Å². The highest BCUT2D eigenvalue weighted by Crippen LogP contribution is 2.29. The van der Waals surface area contributed by atoms with E-state index in [1.165, 1.54) is 6.20 Å². The molecule has 0 radical (unpaired) electrons. The number of benzene rings is 1. The van der Waals surface area contributed by atoms with Gasteiger partial charge >= 0.3 is 0 Å². The minimum atomic E-state index is -0.809. The Labute approximate surface area is 111 Å². The number of rotatable bonds is 2. The van der Waals surface area contributed by atoms with Gasteiger partial charge in [-0.05, 0) is 31.0 Å². The summed E-state index contributed by atoms with van der Waals surface area (Å²) < 4.78 is 0. The Morgan fingerprint density at radius 1 is 1.22 bits per heavy atom. The van der Waals surface area contributed by atoms with Crippen LogP contribution in [0, 0.1) is 13.8 Å². The Kier molecular flexibility index (Phi) is 3.55. The van der Waals surface area contributed by atoms with Crippen molar-refractivity contribution in [2.45, 2.75) is 20.0 Å². The summed E-state index contributed by atoms with van der Waals surface area (Å²) in [5, 5.41) is 10.9. The van der Waals surface area contributed by atoms with Crippen LogP contribution in [-0.4, -0.2) is 10.1 Å². The molecule has 1 atom stereocenters. The molecule has 0 saturated heterocycles.